The monoisotopic (exact) mass is 439 g/mol. The summed E-state index contributed by atoms with van der Waals surface area (Å²) in [6.07, 6.45) is 14.2. The molecule has 0 spiro atoms. The predicted octanol–water partition coefficient (Wildman–Crippen LogP) is 4.00. The molecule has 0 bridgehead atoms. The van der Waals surface area contributed by atoms with Crippen LogP contribution in [0.2, 0.25) is 0 Å². The van der Waals surface area contributed by atoms with E-state index in [-0.39, 0.29) is 11.3 Å². The van der Waals surface area contributed by atoms with E-state index in [0.717, 1.165) is 24.2 Å². The number of carbonyl (C=O) groups is 1. The molecule has 33 heavy (non-hydrogen) atoms. The molecule has 3 aromatic rings. The number of amides is 1. The van der Waals surface area contributed by atoms with E-state index in [1.807, 2.05) is 24.4 Å². The lowest BCUT2D eigenvalue weighted by atomic mass is 9.80. The van der Waals surface area contributed by atoms with Gasteiger partial charge in [-0.15, -0.1) is 10.2 Å². The number of dihydropyridines is 1. The summed E-state index contributed by atoms with van der Waals surface area (Å²) in [6, 6.07) is 7.87. The lowest BCUT2D eigenvalue weighted by Gasteiger charge is -2.28. The predicted molar refractivity (Wildman–Crippen MR) is 125 cm³/mol. The third-order valence-corrected chi connectivity index (χ3v) is 6.60. The first kappa shape index (κ1) is 20.0. The number of nitrogens with one attached hydrogen (secondary N) is 1. The van der Waals surface area contributed by atoms with E-state index in [9.17, 15) is 4.79 Å². The van der Waals surface area contributed by atoms with E-state index >= 15 is 0 Å². The molecule has 3 aromatic heterocycles. The Labute approximate surface area is 191 Å². The third kappa shape index (κ3) is 3.97. The van der Waals surface area contributed by atoms with Crippen LogP contribution in [0, 0.1) is 5.92 Å². The fourth-order valence-corrected chi connectivity index (χ4v) is 4.20. The Morgan fingerprint density at radius 1 is 1.18 bits per heavy atom. The Kier molecular flexibility index (Phi) is 4.67. The number of carbonyl (C=O) groups excluding carboxylic acids is 1. The summed E-state index contributed by atoms with van der Waals surface area (Å²) in [5.41, 5.74) is 3.09. The van der Waals surface area contributed by atoms with Crippen molar-refractivity contribution in [3.63, 3.8) is 0 Å². The molecule has 3 aliphatic rings. The average Bonchev–Trinajstić information content (AvgIpc) is 3.79. The molecule has 8 heteroatoms. The highest BCUT2D eigenvalue weighted by molar-refractivity contribution is 6.04. The maximum Gasteiger partial charge on any atom is 0.258 e. The fourth-order valence-electron chi connectivity index (χ4n) is 4.20. The van der Waals surface area contributed by atoms with Crippen LogP contribution in [0.4, 0.5) is 5.82 Å². The molecule has 0 aromatic carbocycles. The number of aliphatic imine (C=N–C) groups is 1. The molecule has 2 aliphatic carbocycles. The zero-order valence-electron chi connectivity index (χ0n) is 18.5. The van der Waals surface area contributed by atoms with Crippen molar-refractivity contribution in [1.82, 2.24) is 24.7 Å². The number of rotatable bonds is 6. The Morgan fingerprint density at radius 2 is 2.06 bits per heavy atom. The molecule has 1 N–H and O–H groups in total. The second-order valence-corrected chi connectivity index (χ2v) is 9.38. The van der Waals surface area contributed by atoms with E-state index in [4.69, 9.17) is 4.99 Å². The summed E-state index contributed by atoms with van der Waals surface area (Å²) in [5.74, 6) is 1.58. The van der Waals surface area contributed by atoms with Gasteiger partial charge in [-0.05, 0) is 55.5 Å². The van der Waals surface area contributed by atoms with E-state index < -0.39 is 0 Å². The molecule has 1 amide bonds. The fraction of sp³-hybridized carbons (Fsp3) is 0.360. The number of anilines is 1. The highest BCUT2D eigenvalue weighted by Crippen LogP contribution is 2.37. The van der Waals surface area contributed by atoms with E-state index in [1.54, 1.807) is 18.6 Å². The maximum absolute atomic E-state index is 13.0. The zero-order valence-corrected chi connectivity index (χ0v) is 18.5. The van der Waals surface area contributed by atoms with Gasteiger partial charge >= 0.3 is 0 Å². The summed E-state index contributed by atoms with van der Waals surface area (Å²) in [7, 11) is 0. The number of pyridine rings is 2. The second-order valence-electron chi connectivity index (χ2n) is 9.38. The molecule has 2 fully saturated rings. The Morgan fingerprint density at radius 3 is 2.82 bits per heavy atom. The SMILES string of the molecule is C[C@]1(c2cncc(C(=O)Nc3cccc(-c4nncn4C4CC4)n3)c2)C=CC(C2CC2)=NC1. The van der Waals surface area contributed by atoms with Gasteiger partial charge < -0.3 is 9.88 Å². The van der Waals surface area contributed by atoms with Gasteiger partial charge in [0.2, 0.25) is 0 Å². The van der Waals surface area contributed by atoms with Crippen LogP contribution >= 0.6 is 0 Å². The number of aromatic nitrogens is 5. The lowest BCUT2D eigenvalue weighted by molar-refractivity contribution is 0.102. The van der Waals surface area contributed by atoms with Gasteiger partial charge in [-0.3, -0.25) is 14.8 Å². The van der Waals surface area contributed by atoms with Crippen molar-refractivity contribution in [1.29, 1.82) is 0 Å². The first-order valence-electron chi connectivity index (χ1n) is 11.5. The first-order chi connectivity index (χ1) is 16.1. The number of hydrogen-bond acceptors (Lipinski definition) is 6. The van der Waals surface area contributed by atoms with E-state index in [0.29, 0.717) is 35.6 Å². The van der Waals surface area contributed by atoms with Gasteiger partial charge in [-0.1, -0.05) is 19.1 Å². The largest absolute Gasteiger partial charge is 0.309 e. The minimum absolute atomic E-state index is 0.247. The zero-order chi connectivity index (χ0) is 22.4. The molecule has 1 aliphatic heterocycles. The van der Waals surface area contributed by atoms with Gasteiger partial charge in [0.05, 0.1) is 12.1 Å². The normalized spacial score (nSPS) is 22.2. The Bertz CT molecular complexity index is 1290. The highest BCUT2D eigenvalue weighted by atomic mass is 16.1. The Balaban J connectivity index is 1.20. The van der Waals surface area contributed by atoms with Crippen molar-refractivity contribution < 1.29 is 4.79 Å². The summed E-state index contributed by atoms with van der Waals surface area (Å²) < 4.78 is 2.05. The minimum Gasteiger partial charge on any atom is -0.309 e. The van der Waals surface area contributed by atoms with Crippen LogP contribution in [0.5, 0.6) is 0 Å². The van der Waals surface area contributed by atoms with Gasteiger partial charge in [-0.25, -0.2) is 4.98 Å². The summed E-state index contributed by atoms with van der Waals surface area (Å²) in [6.45, 7) is 2.81. The van der Waals surface area contributed by atoms with Crippen molar-refractivity contribution in [3.8, 4) is 11.5 Å². The smallest absolute Gasteiger partial charge is 0.258 e. The minimum atomic E-state index is -0.271. The number of nitrogens with zero attached hydrogens (tertiary/aromatic N) is 6. The number of allylic oxidation sites excluding steroid dienone is 1. The quantitative estimate of drug-likeness (QED) is 0.626. The molecule has 0 saturated heterocycles. The third-order valence-electron chi connectivity index (χ3n) is 6.60. The molecule has 1 atom stereocenters. The highest BCUT2D eigenvalue weighted by Gasteiger charge is 2.32. The molecule has 8 nitrogen and oxygen atoms in total. The molecule has 6 rings (SSSR count). The molecule has 166 valence electrons. The van der Waals surface area contributed by atoms with Crippen molar-refractivity contribution in [2.24, 2.45) is 10.9 Å². The van der Waals surface area contributed by atoms with Gasteiger partial charge in [0.25, 0.3) is 5.91 Å². The molecule has 0 unspecified atom stereocenters. The second kappa shape index (κ2) is 7.72. The summed E-state index contributed by atoms with van der Waals surface area (Å²) in [4.78, 5) is 26.8. The average molecular weight is 440 g/mol. The topological polar surface area (TPSA) is 98.0 Å². The van der Waals surface area contributed by atoms with Crippen LogP contribution in [-0.4, -0.2) is 42.9 Å². The van der Waals surface area contributed by atoms with Crippen LogP contribution in [0.3, 0.4) is 0 Å². The lowest BCUT2D eigenvalue weighted by Crippen LogP contribution is -2.28. The van der Waals surface area contributed by atoms with Crippen LogP contribution in [0.25, 0.3) is 11.5 Å². The molecule has 2 saturated carbocycles. The number of hydrogen-bond donors (Lipinski definition) is 1. The van der Waals surface area contributed by atoms with E-state index in [2.05, 4.69) is 49.1 Å². The molecule has 4 heterocycles. The van der Waals surface area contributed by atoms with Crippen LogP contribution in [-0.2, 0) is 5.41 Å². The van der Waals surface area contributed by atoms with Crippen LogP contribution in [0.1, 0.15) is 54.6 Å². The Hall–Kier alpha value is -3.68. The molecule has 0 radical (unpaired) electrons. The molecular formula is C25H25N7O. The van der Waals surface area contributed by atoms with Gasteiger partial charge in [0, 0.05) is 35.5 Å². The van der Waals surface area contributed by atoms with Crippen LogP contribution in [0.15, 0.2) is 60.1 Å². The van der Waals surface area contributed by atoms with Crippen LogP contribution < -0.4 is 5.32 Å². The maximum atomic E-state index is 13.0. The van der Waals surface area contributed by atoms with Gasteiger partial charge in [0.1, 0.15) is 17.8 Å². The summed E-state index contributed by atoms with van der Waals surface area (Å²) >= 11 is 0. The van der Waals surface area contributed by atoms with Crippen molar-refractivity contribution in [2.45, 2.75) is 44.1 Å². The van der Waals surface area contributed by atoms with Gasteiger partial charge in [-0.2, -0.15) is 0 Å². The molecular weight excluding hydrogens is 414 g/mol. The van der Waals surface area contributed by atoms with Crippen molar-refractivity contribution >= 4 is 17.4 Å². The van der Waals surface area contributed by atoms with E-state index in [1.165, 1.54) is 18.6 Å². The van der Waals surface area contributed by atoms with Gasteiger partial charge in [0.15, 0.2) is 5.82 Å². The van der Waals surface area contributed by atoms with Crippen molar-refractivity contribution in [3.05, 3.63) is 66.3 Å². The summed E-state index contributed by atoms with van der Waals surface area (Å²) in [5, 5.41) is 11.2. The van der Waals surface area contributed by atoms with Crippen molar-refractivity contribution in [2.75, 3.05) is 11.9 Å². The first-order valence-corrected chi connectivity index (χ1v) is 11.5. The standard InChI is InChI=1S/C25H25N7O/c1-25(10-9-20(27-14-25)16-5-6-16)18-11-17(12-26-13-18)24(33)30-22-4-2-3-21(29-22)23-31-28-15-32(23)19-7-8-19/h2-4,9-13,15-16,19H,5-8,14H2,1H3,(H,29,30,33)/t25-/m0/s1.